The first-order valence-electron chi connectivity index (χ1n) is 5.48. The Morgan fingerprint density at radius 1 is 1.27 bits per heavy atom. The fourth-order valence-corrected chi connectivity index (χ4v) is 1.73. The molecule has 1 fully saturated rings. The van der Waals surface area contributed by atoms with E-state index in [-0.39, 0.29) is 24.7 Å². The average molecular weight is 213 g/mol. The van der Waals surface area contributed by atoms with Crippen LogP contribution in [0.15, 0.2) is 0 Å². The Kier molecular flexibility index (Phi) is 4.59. The van der Waals surface area contributed by atoms with E-state index in [0.717, 1.165) is 31.8 Å². The van der Waals surface area contributed by atoms with Crippen molar-refractivity contribution < 1.29 is 14.3 Å². The summed E-state index contributed by atoms with van der Waals surface area (Å²) in [4.78, 5) is 24.4. The normalized spacial score (nSPS) is 17.6. The van der Waals surface area contributed by atoms with Gasteiger partial charge in [-0.3, -0.25) is 9.59 Å². The first-order valence-corrected chi connectivity index (χ1v) is 5.48. The smallest absolute Gasteiger partial charge is 0.306 e. The molecule has 86 valence electrons. The third kappa shape index (κ3) is 3.90. The summed E-state index contributed by atoms with van der Waals surface area (Å²) in [5.41, 5.74) is 0. The van der Waals surface area contributed by atoms with E-state index in [1.165, 1.54) is 7.11 Å². The van der Waals surface area contributed by atoms with Crippen LogP contribution in [0, 0.1) is 5.92 Å². The first kappa shape index (κ1) is 12.0. The summed E-state index contributed by atoms with van der Waals surface area (Å²) >= 11 is 0. The summed E-state index contributed by atoms with van der Waals surface area (Å²) in [6.45, 7) is 3.87. The minimum absolute atomic E-state index is 0.0762. The molecule has 0 spiro atoms. The maximum absolute atomic E-state index is 11.6. The van der Waals surface area contributed by atoms with Gasteiger partial charge >= 0.3 is 5.97 Å². The van der Waals surface area contributed by atoms with Gasteiger partial charge in [0.2, 0.25) is 5.91 Å². The fraction of sp³-hybridized carbons (Fsp3) is 0.818. The zero-order valence-electron chi connectivity index (χ0n) is 9.49. The van der Waals surface area contributed by atoms with E-state index in [9.17, 15) is 9.59 Å². The second-order valence-corrected chi connectivity index (χ2v) is 4.14. The fourth-order valence-electron chi connectivity index (χ4n) is 1.73. The van der Waals surface area contributed by atoms with Gasteiger partial charge in [-0.2, -0.15) is 0 Å². The van der Waals surface area contributed by atoms with Gasteiger partial charge in [-0.15, -0.1) is 0 Å². The zero-order valence-corrected chi connectivity index (χ0v) is 9.49. The van der Waals surface area contributed by atoms with Crippen LogP contribution in [-0.4, -0.2) is 37.0 Å². The summed E-state index contributed by atoms with van der Waals surface area (Å²) in [5, 5.41) is 0. The summed E-state index contributed by atoms with van der Waals surface area (Å²) in [5.74, 6) is 0.482. The Morgan fingerprint density at radius 2 is 1.87 bits per heavy atom. The molecule has 4 nitrogen and oxygen atoms in total. The molecule has 1 aliphatic rings. The number of amides is 1. The van der Waals surface area contributed by atoms with E-state index < -0.39 is 0 Å². The summed E-state index contributed by atoms with van der Waals surface area (Å²) in [6, 6.07) is 0. The van der Waals surface area contributed by atoms with E-state index in [4.69, 9.17) is 0 Å². The topological polar surface area (TPSA) is 46.6 Å². The lowest BCUT2D eigenvalue weighted by atomic mass is 9.99. The van der Waals surface area contributed by atoms with Crippen LogP contribution in [-0.2, 0) is 14.3 Å². The molecular weight excluding hydrogens is 194 g/mol. The van der Waals surface area contributed by atoms with Crippen molar-refractivity contribution in [1.82, 2.24) is 4.90 Å². The SMILES string of the molecule is COC(=O)CCC(=O)N1CCC(C)CC1. The predicted molar refractivity (Wildman–Crippen MR) is 56.2 cm³/mol. The van der Waals surface area contributed by atoms with Crippen molar-refractivity contribution in [2.24, 2.45) is 5.92 Å². The lowest BCUT2D eigenvalue weighted by molar-refractivity contribution is -0.143. The van der Waals surface area contributed by atoms with Crippen LogP contribution in [0.25, 0.3) is 0 Å². The molecule has 0 bridgehead atoms. The summed E-state index contributed by atoms with van der Waals surface area (Å²) < 4.78 is 4.50. The number of nitrogens with zero attached hydrogens (tertiary/aromatic N) is 1. The van der Waals surface area contributed by atoms with Gasteiger partial charge in [-0.05, 0) is 18.8 Å². The molecule has 1 rings (SSSR count). The minimum Gasteiger partial charge on any atom is -0.469 e. The van der Waals surface area contributed by atoms with E-state index in [1.54, 1.807) is 0 Å². The quantitative estimate of drug-likeness (QED) is 0.662. The van der Waals surface area contributed by atoms with E-state index in [0.29, 0.717) is 0 Å². The van der Waals surface area contributed by atoms with E-state index >= 15 is 0 Å². The molecule has 0 aliphatic carbocycles. The first-order chi connectivity index (χ1) is 7.13. The highest BCUT2D eigenvalue weighted by atomic mass is 16.5. The maximum atomic E-state index is 11.6. The Bertz CT molecular complexity index is 232. The molecule has 0 aromatic carbocycles. The molecule has 15 heavy (non-hydrogen) atoms. The summed E-state index contributed by atoms with van der Waals surface area (Å²) in [7, 11) is 1.34. The molecule has 1 saturated heterocycles. The van der Waals surface area contributed by atoms with Gasteiger partial charge in [0, 0.05) is 19.5 Å². The van der Waals surface area contributed by atoms with Gasteiger partial charge in [-0.25, -0.2) is 0 Å². The van der Waals surface area contributed by atoms with Crippen LogP contribution in [0.2, 0.25) is 0 Å². The van der Waals surface area contributed by atoms with Crippen molar-refractivity contribution in [2.45, 2.75) is 32.6 Å². The second kappa shape index (κ2) is 5.73. The van der Waals surface area contributed by atoms with Crippen molar-refractivity contribution in [3.05, 3.63) is 0 Å². The van der Waals surface area contributed by atoms with E-state index in [2.05, 4.69) is 11.7 Å². The molecule has 0 radical (unpaired) electrons. The van der Waals surface area contributed by atoms with Gasteiger partial charge in [0.05, 0.1) is 13.5 Å². The Hall–Kier alpha value is -1.06. The van der Waals surface area contributed by atoms with Crippen molar-refractivity contribution in [2.75, 3.05) is 20.2 Å². The predicted octanol–water partition coefficient (Wildman–Crippen LogP) is 1.20. The van der Waals surface area contributed by atoms with Crippen LogP contribution >= 0.6 is 0 Å². The largest absolute Gasteiger partial charge is 0.469 e. The van der Waals surface area contributed by atoms with Crippen molar-refractivity contribution in [3.8, 4) is 0 Å². The number of rotatable bonds is 3. The maximum Gasteiger partial charge on any atom is 0.306 e. The lowest BCUT2D eigenvalue weighted by Crippen LogP contribution is -2.38. The number of carbonyl (C=O) groups is 2. The molecular formula is C11H19NO3. The van der Waals surface area contributed by atoms with Crippen molar-refractivity contribution in [1.29, 1.82) is 0 Å². The third-order valence-electron chi connectivity index (χ3n) is 2.91. The Balaban J connectivity index is 2.25. The molecule has 0 aromatic rings. The lowest BCUT2D eigenvalue weighted by Gasteiger charge is -2.30. The molecule has 0 saturated carbocycles. The summed E-state index contributed by atoms with van der Waals surface area (Å²) in [6.07, 6.45) is 2.62. The number of hydrogen-bond acceptors (Lipinski definition) is 3. The average Bonchev–Trinajstić information content (AvgIpc) is 2.26. The van der Waals surface area contributed by atoms with E-state index in [1.807, 2.05) is 4.90 Å². The van der Waals surface area contributed by atoms with Crippen LogP contribution in [0.5, 0.6) is 0 Å². The molecule has 0 atom stereocenters. The molecule has 1 heterocycles. The van der Waals surface area contributed by atoms with Crippen LogP contribution < -0.4 is 0 Å². The Labute approximate surface area is 90.6 Å². The number of esters is 1. The Morgan fingerprint density at radius 3 is 2.40 bits per heavy atom. The molecule has 1 aliphatic heterocycles. The number of likely N-dealkylation sites (tertiary alicyclic amines) is 1. The second-order valence-electron chi connectivity index (χ2n) is 4.14. The molecule has 1 amide bonds. The highest BCUT2D eigenvalue weighted by molar-refractivity contribution is 5.81. The molecule has 4 heteroatoms. The van der Waals surface area contributed by atoms with Gasteiger partial charge in [0.1, 0.15) is 0 Å². The van der Waals surface area contributed by atoms with Crippen molar-refractivity contribution in [3.63, 3.8) is 0 Å². The van der Waals surface area contributed by atoms with Gasteiger partial charge in [0.25, 0.3) is 0 Å². The zero-order chi connectivity index (χ0) is 11.3. The minimum atomic E-state index is -0.311. The molecule has 0 N–H and O–H groups in total. The van der Waals surface area contributed by atoms with Gasteiger partial charge in [-0.1, -0.05) is 6.92 Å². The van der Waals surface area contributed by atoms with Crippen LogP contribution in [0.1, 0.15) is 32.6 Å². The number of carbonyl (C=O) groups excluding carboxylic acids is 2. The van der Waals surface area contributed by atoms with Crippen molar-refractivity contribution >= 4 is 11.9 Å². The number of ether oxygens (including phenoxy) is 1. The number of hydrogen-bond donors (Lipinski definition) is 0. The number of piperidine rings is 1. The monoisotopic (exact) mass is 213 g/mol. The van der Waals surface area contributed by atoms with Gasteiger partial charge in [0.15, 0.2) is 0 Å². The highest BCUT2D eigenvalue weighted by Crippen LogP contribution is 2.16. The molecule has 0 aromatic heterocycles. The highest BCUT2D eigenvalue weighted by Gasteiger charge is 2.20. The third-order valence-corrected chi connectivity index (χ3v) is 2.91. The van der Waals surface area contributed by atoms with Gasteiger partial charge < -0.3 is 9.64 Å². The molecule has 0 unspecified atom stereocenters. The number of methoxy groups -OCH3 is 1. The van der Waals surface area contributed by atoms with Crippen LogP contribution in [0.4, 0.5) is 0 Å². The van der Waals surface area contributed by atoms with Crippen LogP contribution in [0.3, 0.4) is 0 Å². The standard InChI is InChI=1S/C11H19NO3/c1-9-5-7-12(8-6-9)10(13)3-4-11(14)15-2/h9H,3-8H2,1-2H3.